The zero-order chi connectivity index (χ0) is 19.8. The number of aliphatic hydroxyl groups is 1. The number of rotatable bonds is 6. The molecule has 1 amide bonds. The van der Waals surface area contributed by atoms with Crippen molar-refractivity contribution in [3.8, 4) is 5.75 Å². The van der Waals surface area contributed by atoms with Gasteiger partial charge in [-0.25, -0.2) is 0 Å². The molecule has 4 nitrogen and oxygen atoms in total. The standard InChI is InChI=1S/C23H31NO3/c1-15(2)24(16(3)4)22(25)21-18(14-23(26)12-7-13-23)11-10-17-8-6-9-19(27-5)20(17)21/h6,8-11,15-16,26H,7,12-14H2,1-5H3. The number of carbonyl (C=O) groups excluding carboxylic acids is 1. The number of amides is 1. The van der Waals surface area contributed by atoms with E-state index in [1.165, 1.54) is 0 Å². The minimum absolute atomic E-state index is 0.00743. The summed E-state index contributed by atoms with van der Waals surface area (Å²) in [6.07, 6.45) is 3.14. The minimum Gasteiger partial charge on any atom is -0.496 e. The Labute approximate surface area is 162 Å². The number of fused-ring (bicyclic) bond motifs is 1. The van der Waals surface area contributed by atoms with Crippen LogP contribution in [0.5, 0.6) is 5.75 Å². The molecule has 4 heteroatoms. The lowest BCUT2D eigenvalue weighted by Crippen LogP contribution is -2.43. The molecule has 2 aromatic rings. The zero-order valence-corrected chi connectivity index (χ0v) is 17.1. The van der Waals surface area contributed by atoms with Crippen molar-refractivity contribution in [2.45, 2.75) is 71.1 Å². The lowest BCUT2D eigenvalue weighted by atomic mass is 9.75. The topological polar surface area (TPSA) is 49.8 Å². The van der Waals surface area contributed by atoms with Gasteiger partial charge >= 0.3 is 0 Å². The highest BCUT2D eigenvalue weighted by Gasteiger charge is 2.36. The van der Waals surface area contributed by atoms with Crippen LogP contribution >= 0.6 is 0 Å². The van der Waals surface area contributed by atoms with Crippen molar-refractivity contribution in [1.82, 2.24) is 4.90 Å². The Morgan fingerprint density at radius 2 is 1.81 bits per heavy atom. The van der Waals surface area contributed by atoms with Crippen molar-refractivity contribution in [2.24, 2.45) is 0 Å². The Balaban J connectivity index is 2.23. The van der Waals surface area contributed by atoms with Crippen molar-refractivity contribution < 1.29 is 14.6 Å². The Bertz CT molecular complexity index is 829. The lowest BCUT2D eigenvalue weighted by Gasteiger charge is -2.38. The van der Waals surface area contributed by atoms with Crippen LogP contribution in [0.3, 0.4) is 0 Å². The number of hydrogen-bond acceptors (Lipinski definition) is 3. The largest absolute Gasteiger partial charge is 0.496 e. The highest BCUT2D eigenvalue weighted by molar-refractivity contribution is 6.10. The third-order valence-electron chi connectivity index (χ3n) is 5.68. The first-order chi connectivity index (χ1) is 12.8. The van der Waals surface area contributed by atoms with Gasteiger partial charge in [-0.2, -0.15) is 0 Å². The number of nitrogens with zero attached hydrogens (tertiary/aromatic N) is 1. The molecule has 1 aliphatic carbocycles. The summed E-state index contributed by atoms with van der Waals surface area (Å²) in [5.74, 6) is 0.707. The van der Waals surface area contributed by atoms with E-state index in [2.05, 4.69) is 0 Å². The molecule has 27 heavy (non-hydrogen) atoms. The molecule has 0 aliphatic heterocycles. The molecule has 0 radical (unpaired) electrons. The van der Waals surface area contributed by atoms with E-state index >= 15 is 0 Å². The maximum absolute atomic E-state index is 13.7. The molecule has 146 valence electrons. The van der Waals surface area contributed by atoms with Crippen LogP contribution in [0.2, 0.25) is 0 Å². The monoisotopic (exact) mass is 369 g/mol. The summed E-state index contributed by atoms with van der Waals surface area (Å²) in [6.45, 7) is 8.16. The minimum atomic E-state index is -0.689. The number of methoxy groups -OCH3 is 1. The van der Waals surface area contributed by atoms with E-state index in [9.17, 15) is 9.90 Å². The molecular weight excluding hydrogens is 338 g/mol. The van der Waals surface area contributed by atoms with Crippen LogP contribution in [-0.4, -0.2) is 40.7 Å². The Morgan fingerprint density at radius 3 is 2.33 bits per heavy atom. The van der Waals surface area contributed by atoms with E-state index in [0.29, 0.717) is 17.7 Å². The summed E-state index contributed by atoms with van der Waals surface area (Å²) in [6, 6.07) is 10.0. The third kappa shape index (κ3) is 3.68. The maximum atomic E-state index is 13.7. The fourth-order valence-electron chi connectivity index (χ4n) is 4.26. The van der Waals surface area contributed by atoms with Gasteiger partial charge in [0.05, 0.1) is 18.3 Å². The van der Waals surface area contributed by atoms with Gasteiger partial charge in [-0.1, -0.05) is 24.3 Å². The summed E-state index contributed by atoms with van der Waals surface area (Å²) >= 11 is 0. The first-order valence-corrected chi connectivity index (χ1v) is 9.91. The second kappa shape index (κ2) is 7.51. The van der Waals surface area contributed by atoms with Crippen LogP contribution in [0, 0.1) is 0 Å². The molecule has 1 N–H and O–H groups in total. The lowest BCUT2D eigenvalue weighted by molar-refractivity contribution is -0.0323. The summed E-state index contributed by atoms with van der Waals surface area (Å²) in [5, 5.41) is 12.6. The van der Waals surface area contributed by atoms with E-state index in [0.717, 1.165) is 35.6 Å². The average Bonchev–Trinajstić information content (AvgIpc) is 2.58. The predicted molar refractivity (Wildman–Crippen MR) is 109 cm³/mol. The normalized spacial score (nSPS) is 15.9. The smallest absolute Gasteiger partial charge is 0.255 e. The van der Waals surface area contributed by atoms with Crippen molar-refractivity contribution in [3.63, 3.8) is 0 Å². The second-order valence-corrected chi connectivity index (χ2v) is 8.31. The fraction of sp³-hybridized carbons (Fsp3) is 0.522. The van der Waals surface area contributed by atoms with Crippen molar-refractivity contribution in [3.05, 3.63) is 41.5 Å². The molecule has 1 aliphatic rings. The van der Waals surface area contributed by atoms with Crippen molar-refractivity contribution >= 4 is 16.7 Å². The van der Waals surface area contributed by atoms with Gasteiger partial charge in [-0.15, -0.1) is 0 Å². The van der Waals surface area contributed by atoms with Gasteiger partial charge in [0.15, 0.2) is 0 Å². The van der Waals surface area contributed by atoms with Gasteiger partial charge in [-0.05, 0) is 64.0 Å². The quantitative estimate of drug-likeness (QED) is 0.812. The molecule has 0 unspecified atom stereocenters. The highest BCUT2D eigenvalue weighted by Crippen LogP contribution is 2.39. The zero-order valence-electron chi connectivity index (χ0n) is 17.1. The molecule has 0 spiro atoms. The van der Waals surface area contributed by atoms with Gasteiger partial charge in [-0.3, -0.25) is 4.79 Å². The molecule has 1 fully saturated rings. The van der Waals surface area contributed by atoms with Gasteiger partial charge < -0.3 is 14.7 Å². The van der Waals surface area contributed by atoms with Gasteiger partial charge in [0.25, 0.3) is 5.91 Å². The van der Waals surface area contributed by atoms with Crippen molar-refractivity contribution in [1.29, 1.82) is 0 Å². The van der Waals surface area contributed by atoms with E-state index < -0.39 is 5.60 Å². The van der Waals surface area contributed by atoms with Crippen LogP contribution in [0.25, 0.3) is 10.8 Å². The molecule has 0 heterocycles. The van der Waals surface area contributed by atoms with Crippen LogP contribution in [0.1, 0.15) is 62.9 Å². The van der Waals surface area contributed by atoms with E-state index in [1.54, 1.807) is 7.11 Å². The number of hydrogen-bond donors (Lipinski definition) is 1. The molecule has 0 bridgehead atoms. The van der Waals surface area contributed by atoms with Crippen molar-refractivity contribution in [2.75, 3.05) is 7.11 Å². The van der Waals surface area contributed by atoms with E-state index in [4.69, 9.17) is 4.74 Å². The summed E-state index contributed by atoms with van der Waals surface area (Å²) < 4.78 is 5.61. The first-order valence-electron chi connectivity index (χ1n) is 9.91. The van der Waals surface area contributed by atoms with Crippen LogP contribution in [-0.2, 0) is 6.42 Å². The van der Waals surface area contributed by atoms with E-state index in [-0.39, 0.29) is 18.0 Å². The molecule has 0 saturated heterocycles. The number of benzene rings is 2. The third-order valence-corrected chi connectivity index (χ3v) is 5.68. The van der Waals surface area contributed by atoms with Crippen LogP contribution in [0.4, 0.5) is 0 Å². The molecule has 0 aromatic heterocycles. The number of carbonyl (C=O) groups is 1. The Hall–Kier alpha value is -2.07. The molecular formula is C23H31NO3. The van der Waals surface area contributed by atoms with Gasteiger partial charge in [0, 0.05) is 23.9 Å². The first kappa shape index (κ1) is 19.7. The highest BCUT2D eigenvalue weighted by atomic mass is 16.5. The Kier molecular flexibility index (Phi) is 5.48. The van der Waals surface area contributed by atoms with Crippen LogP contribution < -0.4 is 4.74 Å². The molecule has 3 rings (SSSR count). The fourth-order valence-corrected chi connectivity index (χ4v) is 4.26. The SMILES string of the molecule is COc1cccc2ccc(CC3(O)CCC3)c(C(=O)N(C(C)C)C(C)C)c12. The molecule has 1 saturated carbocycles. The van der Waals surface area contributed by atoms with E-state index in [1.807, 2.05) is 62.9 Å². The average molecular weight is 370 g/mol. The van der Waals surface area contributed by atoms with Crippen LogP contribution in [0.15, 0.2) is 30.3 Å². The summed E-state index contributed by atoms with van der Waals surface area (Å²) in [4.78, 5) is 15.6. The Morgan fingerprint density at radius 1 is 1.15 bits per heavy atom. The van der Waals surface area contributed by atoms with Gasteiger partial charge in [0.2, 0.25) is 0 Å². The number of ether oxygens (including phenoxy) is 1. The summed E-state index contributed by atoms with van der Waals surface area (Å²) in [7, 11) is 1.64. The molecule has 0 atom stereocenters. The maximum Gasteiger partial charge on any atom is 0.255 e. The van der Waals surface area contributed by atoms with Gasteiger partial charge in [0.1, 0.15) is 5.75 Å². The second-order valence-electron chi connectivity index (χ2n) is 8.31. The molecule has 2 aromatic carbocycles. The summed E-state index contributed by atoms with van der Waals surface area (Å²) in [5.41, 5.74) is 0.892. The predicted octanol–water partition coefficient (Wildman–Crippen LogP) is 4.56.